The molecule has 0 radical (unpaired) electrons. The summed E-state index contributed by atoms with van der Waals surface area (Å²) in [6, 6.07) is 1.91. The van der Waals surface area contributed by atoms with E-state index in [-0.39, 0.29) is 0 Å². The van der Waals surface area contributed by atoms with Gasteiger partial charge in [0, 0.05) is 18.0 Å². The van der Waals surface area contributed by atoms with Crippen molar-refractivity contribution in [3.63, 3.8) is 0 Å². The third-order valence-electron chi connectivity index (χ3n) is 2.13. The quantitative estimate of drug-likeness (QED) is 0.642. The molecule has 0 aliphatic heterocycles. The van der Waals surface area contributed by atoms with Crippen molar-refractivity contribution >= 4 is 5.82 Å². The summed E-state index contributed by atoms with van der Waals surface area (Å²) in [6.07, 6.45) is 4.94. The van der Waals surface area contributed by atoms with E-state index in [2.05, 4.69) is 9.97 Å². The molecule has 0 spiro atoms. The van der Waals surface area contributed by atoms with E-state index in [0.717, 1.165) is 11.1 Å². The zero-order valence-corrected chi connectivity index (χ0v) is 7.81. The second-order valence-electron chi connectivity index (χ2n) is 3.08. The summed E-state index contributed by atoms with van der Waals surface area (Å²) in [5.41, 5.74) is 8.42. The Kier molecular flexibility index (Phi) is 1.85. The number of nitrogen functional groups attached to an aromatic ring is 2. The van der Waals surface area contributed by atoms with Crippen LogP contribution in [0, 0.1) is 6.92 Å². The molecule has 0 fully saturated rings. The van der Waals surface area contributed by atoms with Gasteiger partial charge in [-0.15, -0.1) is 0 Å². The molecule has 2 aromatic rings. The lowest BCUT2D eigenvalue weighted by Gasteiger charge is -2.02. The van der Waals surface area contributed by atoms with Gasteiger partial charge in [0.15, 0.2) is 5.82 Å². The Balaban J connectivity index is 2.60. The lowest BCUT2D eigenvalue weighted by Crippen LogP contribution is -2.10. The lowest BCUT2D eigenvalue weighted by atomic mass is 10.1. The number of rotatable bonds is 1. The van der Waals surface area contributed by atoms with E-state index in [0.29, 0.717) is 11.5 Å². The van der Waals surface area contributed by atoms with Crippen LogP contribution in [0.5, 0.6) is 0 Å². The van der Waals surface area contributed by atoms with Crippen LogP contribution in [0.2, 0.25) is 0 Å². The van der Waals surface area contributed by atoms with Crippen molar-refractivity contribution in [3.8, 4) is 11.3 Å². The maximum atomic E-state index is 5.75. The Morgan fingerprint density at radius 3 is 2.79 bits per heavy atom. The summed E-state index contributed by atoms with van der Waals surface area (Å²) < 4.78 is 1.29. The Bertz CT molecular complexity index is 460. The molecule has 5 nitrogen and oxygen atoms in total. The van der Waals surface area contributed by atoms with Gasteiger partial charge in [0.25, 0.3) is 0 Å². The molecule has 0 aromatic carbocycles. The van der Waals surface area contributed by atoms with Crippen LogP contribution in [0.1, 0.15) is 5.56 Å². The summed E-state index contributed by atoms with van der Waals surface area (Å²) in [4.78, 5) is 8.15. The summed E-state index contributed by atoms with van der Waals surface area (Å²) in [7, 11) is 0. The van der Waals surface area contributed by atoms with E-state index in [1.165, 1.54) is 11.0 Å². The van der Waals surface area contributed by atoms with Crippen LogP contribution in [0.3, 0.4) is 0 Å². The van der Waals surface area contributed by atoms with E-state index in [9.17, 15) is 0 Å². The molecule has 2 heterocycles. The number of nitrogens with zero attached hydrogens (tertiary/aromatic N) is 3. The second-order valence-corrected chi connectivity index (χ2v) is 3.08. The molecule has 4 N–H and O–H groups in total. The molecule has 2 rings (SSSR count). The molecule has 0 bridgehead atoms. The van der Waals surface area contributed by atoms with Crippen LogP contribution in [-0.2, 0) is 0 Å². The van der Waals surface area contributed by atoms with Gasteiger partial charge in [-0.1, -0.05) is 0 Å². The van der Waals surface area contributed by atoms with Crippen LogP contribution in [0.15, 0.2) is 24.8 Å². The van der Waals surface area contributed by atoms with Crippen LogP contribution < -0.4 is 11.6 Å². The summed E-state index contributed by atoms with van der Waals surface area (Å²) in [5, 5.41) is 0. The molecule has 0 aliphatic rings. The van der Waals surface area contributed by atoms with E-state index in [1.807, 2.05) is 13.0 Å². The zero-order valence-electron chi connectivity index (χ0n) is 7.81. The second kappa shape index (κ2) is 3.02. The predicted molar refractivity (Wildman–Crippen MR) is 54.8 cm³/mol. The zero-order chi connectivity index (χ0) is 10.1. The summed E-state index contributed by atoms with van der Waals surface area (Å²) >= 11 is 0. The van der Waals surface area contributed by atoms with E-state index < -0.39 is 0 Å². The number of imidazole rings is 1. The highest BCUT2D eigenvalue weighted by Crippen LogP contribution is 2.24. The van der Waals surface area contributed by atoms with Crippen LogP contribution >= 0.6 is 0 Å². The topological polar surface area (TPSA) is 82.8 Å². The van der Waals surface area contributed by atoms with Gasteiger partial charge in [0.1, 0.15) is 12.0 Å². The highest BCUT2D eigenvalue weighted by molar-refractivity contribution is 5.72. The highest BCUT2D eigenvalue weighted by Gasteiger charge is 2.10. The molecule has 0 amide bonds. The Labute approximate surface area is 81.4 Å². The minimum Gasteiger partial charge on any atom is -0.382 e. The largest absolute Gasteiger partial charge is 0.382 e. The van der Waals surface area contributed by atoms with Gasteiger partial charge in [-0.2, -0.15) is 0 Å². The minimum atomic E-state index is 0.445. The molecule has 0 unspecified atom stereocenters. The van der Waals surface area contributed by atoms with E-state index in [1.54, 1.807) is 12.4 Å². The molecule has 0 saturated heterocycles. The van der Waals surface area contributed by atoms with Gasteiger partial charge in [-0.05, 0) is 18.6 Å². The van der Waals surface area contributed by atoms with Crippen molar-refractivity contribution in [1.82, 2.24) is 14.6 Å². The van der Waals surface area contributed by atoms with Gasteiger partial charge in [0.05, 0.1) is 0 Å². The molecule has 72 valence electrons. The number of nitrogens with two attached hydrogens (primary N) is 2. The lowest BCUT2D eigenvalue weighted by molar-refractivity contribution is 1.01. The third-order valence-corrected chi connectivity index (χ3v) is 2.13. The van der Waals surface area contributed by atoms with Gasteiger partial charge in [0.2, 0.25) is 0 Å². The number of pyridine rings is 1. The SMILES string of the molecule is Cc1ccncc1-c1ncn(N)c1N. The molecule has 5 heteroatoms. The Morgan fingerprint density at radius 1 is 1.43 bits per heavy atom. The number of hydrogen-bond donors (Lipinski definition) is 2. The molecular formula is C9H11N5. The van der Waals surface area contributed by atoms with E-state index >= 15 is 0 Å². The van der Waals surface area contributed by atoms with Gasteiger partial charge < -0.3 is 11.6 Å². The number of anilines is 1. The van der Waals surface area contributed by atoms with Gasteiger partial charge in [-0.25, -0.2) is 9.66 Å². The van der Waals surface area contributed by atoms with Crippen molar-refractivity contribution in [1.29, 1.82) is 0 Å². The average molecular weight is 189 g/mol. The molecular weight excluding hydrogens is 178 g/mol. The van der Waals surface area contributed by atoms with Crippen molar-refractivity contribution in [3.05, 3.63) is 30.4 Å². The smallest absolute Gasteiger partial charge is 0.150 e. The monoisotopic (exact) mass is 189 g/mol. The fourth-order valence-corrected chi connectivity index (χ4v) is 1.29. The summed E-state index contributed by atoms with van der Waals surface area (Å²) in [5.74, 6) is 5.98. The van der Waals surface area contributed by atoms with Crippen molar-refractivity contribution < 1.29 is 0 Å². The number of aryl methyl sites for hydroxylation is 1. The van der Waals surface area contributed by atoms with Crippen molar-refractivity contribution in [2.75, 3.05) is 11.6 Å². The predicted octanol–water partition coefficient (Wildman–Crippen LogP) is 0.550. The van der Waals surface area contributed by atoms with Crippen molar-refractivity contribution in [2.45, 2.75) is 6.92 Å². The van der Waals surface area contributed by atoms with Gasteiger partial charge >= 0.3 is 0 Å². The van der Waals surface area contributed by atoms with E-state index in [4.69, 9.17) is 11.6 Å². The first kappa shape index (κ1) is 8.55. The minimum absolute atomic E-state index is 0.445. The fraction of sp³-hybridized carbons (Fsp3) is 0.111. The average Bonchev–Trinajstić information content (AvgIpc) is 2.49. The first-order valence-electron chi connectivity index (χ1n) is 4.19. The fourth-order valence-electron chi connectivity index (χ4n) is 1.29. The molecule has 0 atom stereocenters. The molecule has 2 aromatic heterocycles. The third kappa shape index (κ3) is 1.19. The Hall–Kier alpha value is -2.04. The van der Waals surface area contributed by atoms with Crippen LogP contribution in [0.25, 0.3) is 11.3 Å². The highest BCUT2D eigenvalue weighted by atomic mass is 15.3. The number of hydrogen-bond acceptors (Lipinski definition) is 4. The first-order chi connectivity index (χ1) is 6.70. The van der Waals surface area contributed by atoms with Crippen LogP contribution in [0.4, 0.5) is 5.82 Å². The molecule has 14 heavy (non-hydrogen) atoms. The van der Waals surface area contributed by atoms with Crippen LogP contribution in [-0.4, -0.2) is 14.6 Å². The maximum absolute atomic E-state index is 5.75. The Morgan fingerprint density at radius 2 is 2.21 bits per heavy atom. The molecule has 0 saturated carbocycles. The normalized spacial score (nSPS) is 10.4. The summed E-state index contributed by atoms with van der Waals surface area (Å²) in [6.45, 7) is 1.98. The first-order valence-corrected chi connectivity index (χ1v) is 4.19. The standard InChI is InChI=1S/C9H11N5/c1-6-2-3-12-4-7(6)8-9(10)14(11)5-13-8/h2-5H,10-11H2,1H3. The molecule has 0 aliphatic carbocycles. The van der Waals surface area contributed by atoms with Gasteiger partial charge in [-0.3, -0.25) is 4.98 Å². The maximum Gasteiger partial charge on any atom is 0.150 e. The number of aromatic nitrogens is 3. The van der Waals surface area contributed by atoms with Crippen molar-refractivity contribution in [2.24, 2.45) is 0 Å².